The van der Waals surface area contributed by atoms with E-state index in [0.717, 1.165) is 44.5 Å². The summed E-state index contributed by atoms with van der Waals surface area (Å²) in [6.45, 7) is 2.35. The molecule has 0 bridgehead atoms. The Hall–Kier alpha value is -1.73. The Balaban J connectivity index is 1.78. The summed E-state index contributed by atoms with van der Waals surface area (Å²) in [5.41, 5.74) is -0.616. The first-order valence-electron chi connectivity index (χ1n) is 8.23. The zero-order chi connectivity index (χ0) is 17.5. The Kier molecular flexibility index (Phi) is 6.93. The van der Waals surface area contributed by atoms with E-state index in [1.165, 1.54) is 7.11 Å². The van der Waals surface area contributed by atoms with Crippen LogP contribution in [0.15, 0.2) is 12.1 Å². The molecule has 1 heterocycles. The van der Waals surface area contributed by atoms with Crippen molar-refractivity contribution in [1.82, 2.24) is 10.2 Å². The maximum absolute atomic E-state index is 14.0. The van der Waals surface area contributed by atoms with E-state index in [2.05, 4.69) is 10.2 Å². The van der Waals surface area contributed by atoms with Crippen molar-refractivity contribution < 1.29 is 23.4 Å². The molecule has 0 radical (unpaired) electrons. The Bertz CT molecular complexity index is 569. The zero-order valence-electron chi connectivity index (χ0n) is 13.9. The first kappa shape index (κ1) is 18.6. The van der Waals surface area contributed by atoms with Gasteiger partial charge < -0.3 is 15.2 Å². The lowest BCUT2D eigenvalue weighted by molar-refractivity contribution is 0.0943. The third-order valence-corrected chi connectivity index (χ3v) is 4.37. The number of aliphatic hydroxyl groups is 1. The van der Waals surface area contributed by atoms with Gasteiger partial charge in [0.15, 0.2) is 11.6 Å². The molecule has 1 aromatic rings. The molecule has 1 aromatic carbocycles. The molecule has 1 fully saturated rings. The number of nitrogens with zero attached hydrogens (tertiary/aromatic N) is 1. The number of ether oxygens (including phenoxy) is 1. The molecule has 5 nitrogen and oxygen atoms in total. The van der Waals surface area contributed by atoms with Crippen LogP contribution < -0.4 is 10.1 Å². The van der Waals surface area contributed by atoms with Crippen LogP contribution in [-0.2, 0) is 0 Å². The number of rotatable bonds is 8. The Morgan fingerprint density at radius 2 is 2.21 bits per heavy atom. The number of carbonyl (C=O) groups is 1. The van der Waals surface area contributed by atoms with Gasteiger partial charge in [-0.2, -0.15) is 0 Å². The minimum Gasteiger partial charge on any atom is -0.494 e. The molecule has 0 aromatic heterocycles. The van der Waals surface area contributed by atoms with Gasteiger partial charge in [-0.3, -0.25) is 9.69 Å². The average molecular weight is 342 g/mol. The summed E-state index contributed by atoms with van der Waals surface area (Å²) < 4.78 is 32.4. The normalized spacial score (nSPS) is 17.9. The lowest BCUT2D eigenvalue weighted by Gasteiger charge is -2.22. The third-order valence-electron chi connectivity index (χ3n) is 4.37. The van der Waals surface area contributed by atoms with E-state index in [4.69, 9.17) is 4.74 Å². The van der Waals surface area contributed by atoms with Crippen LogP contribution in [0.4, 0.5) is 8.78 Å². The van der Waals surface area contributed by atoms with Crippen molar-refractivity contribution in [3.63, 3.8) is 0 Å². The molecule has 0 aliphatic carbocycles. The van der Waals surface area contributed by atoms with Gasteiger partial charge in [-0.25, -0.2) is 8.78 Å². The number of hydrogen-bond donors (Lipinski definition) is 2. The van der Waals surface area contributed by atoms with Crippen LogP contribution in [0.25, 0.3) is 0 Å². The van der Waals surface area contributed by atoms with Crippen molar-refractivity contribution in [1.29, 1.82) is 0 Å². The Morgan fingerprint density at radius 3 is 2.92 bits per heavy atom. The minimum absolute atomic E-state index is 0.161. The molecule has 2 N–H and O–H groups in total. The molecule has 0 spiro atoms. The van der Waals surface area contributed by atoms with Gasteiger partial charge in [0, 0.05) is 12.6 Å². The van der Waals surface area contributed by atoms with Crippen molar-refractivity contribution in [3.8, 4) is 5.75 Å². The molecule has 1 atom stereocenters. The number of likely N-dealkylation sites (tertiary alicyclic amines) is 1. The minimum atomic E-state index is -0.988. The van der Waals surface area contributed by atoms with Gasteiger partial charge in [0.05, 0.1) is 13.7 Å². The fraction of sp³-hybridized carbons (Fsp3) is 0.588. The van der Waals surface area contributed by atoms with Crippen LogP contribution in [0, 0.1) is 11.6 Å². The molecule has 1 aliphatic heterocycles. The van der Waals surface area contributed by atoms with Crippen LogP contribution in [0.5, 0.6) is 5.75 Å². The van der Waals surface area contributed by atoms with Gasteiger partial charge in [0.1, 0.15) is 11.4 Å². The lowest BCUT2D eigenvalue weighted by Crippen LogP contribution is -2.33. The van der Waals surface area contributed by atoms with Crippen molar-refractivity contribution >= 4 is 5.91 Å². The highest BCUT2D eigenvalue weighted by atomic mass is 19.1. The van der Waals surface area contributed by atoms with Crippen LogP contribution in [0.1, 0.15) is 36.0 Å². The van der Waals surface area contributed by atoms with Gasteiger partial charge in [-0.05, 0) is 50.9 Å². The summed E-state index contributed by atoms with van der Waals surface area (Å²) in [7, 11) is 1.26. The third kappa shape index (κ3) is 4.42. The number of nitrogens with one attached hydrogen (secondary N) is 1. The molecule has 134 valence electrons. The van der Waals surface area contributed by atoms with Crippen LogP contribution in [0.3, 0.4) is 0 Å². The maximum Gasteiger partial charge on any atom is 0.257 e. The largest absolute Gasteiger partial charge is 0.494 e. The topological polar surface area (TPSA) is 61.8 Å². The summed E-state index contributed by atoms with van der Waals surface area (Å²) in [5.74, 6) is -2.84. The fourth-order valence-electron chi connectivity index (χ4n) is 3.03. The summed E-state index contributed by atoms with van der Waals surface area (Å²) in [6, 6.07) is 2.40. The molecular formula is C17H24F2N2O3. The van der Waals surface area contributed by atoms with E-state index in [0.29, 0.717) is 13.0 Å². The molecule has 2 rings (SSSR count). The van der Waals surface area contributed by atoms with Gasteiger partial charge in [0.2, 0.25) is 0 Å². The SMILES string of the molecule is COc1ccc(F)c(C(=O)NCCCCN2CCCC2CO)c1F. The second-order valence-electron chi connectivity index (χ2n) is 5.92. The summed E-state index contributed by atoms with van der Waals surface area (Å²) in [4.78, 5) is 14.2. The highest BCUT2D eigenvalue weighted by Crippen LogP contribution is 2.22. The predicted molar refractivity (Wildman–Crippen MR) is 86.2 cm³/mol. The highest BCUT2D eigenvalue weighted by molar-refractivity contribution is 5.95. The molecule has 1 unspecified atom stereocenters. The number of methoxy groups -OCH3 is 1. The highest BCUT2D eigenvalue weighted by Gasteiger charge is 2.23. The summed E-state index contributed by atoms with van der Waals surface area (Å²) >= 11 is 0. The van der Waals surface area contributed by atoms with Crippen LogP contribution in [-0.4, -0.2) is 55.3 Å². The van der Waals surface area contributed by atoms with E-state index < -0.39 is 23.1 Å². The van der Waals surface area contributed by atoms with Crippen molar-refractivity contribution in [3.05, 3.63) is 29.3 Å². The Morgan fingerprint density at radius 1 is 1.42 bits per heavy atom. The lowest BCUT2D eigenvalue weighted by atomic mass is 10.1. The second-order valence-corrected chi connectivity index (χ2v) is 5.92. The van der Waals surface area contributed by atoms with E-state index >= 15 is 0 Å². The molecule has 1 amide bonds. The van der Waals surface area contributed by atoms with Crippen molar-refractivity contribution in [2.24, 2.45) is 0 Å². The first-order valence-corrected chi connectivity index (χ1v) is 8.23. The van der Waals surface area contributed by atoms with E-state index in [1.807, 2.05) is 0 Å². The molecule has 7 heteroatoms. The van der Waals surface area contributed by atoms with Gasteiger partial charge >= 0.3 is 0 Å². The molecule has 1 aliphatic rings. The van der Waals surface area contributed by atoms with Crippen molar-refractivity contribution in [2.75, 3.05) is 33.4 Å². The second kappa shape index (κ2) is 8.94. The monoisotopic (exact) mass is 342 g/mol. The van der Waals surface area contributed by atoms with Crippen molar-refractivity contribution in [2.45, 2.75) is 31.7 Å². The summed E-state index contributed by atoms with van der Waals surface area (Å²) in [5, 5.41) is 11.8. The fourth-order valence-corrected chi connectivity index (χ4v) is 3.03. The quantitative estimate of drug-likeness (QED) is 0.709. The molecule has 24 heavy (non-hydrogen) atoms. The van der Waals surface area contributed by atoms with Gasteiger partial charge in [0.25, 0.3) is 5.91 Å². The number of benzene rings is 1. The van der Waals surface area contributed by atoms with E-state index in [9.17, 15) is 18.7 Å². The number of halogens is 2. The smallest absolute Gasteiger partial charge is 0.257 e. The average Bonchev–Trinajstić information content (AvgIpc) is 3.02. The van der Waals surface area contributed by atoms with Crippen LogP contribution in [0.2, 0.25) is 0 Å². The number of aliphatic hydroxyl groups excluding tert-OH is 1. The molecular weight excluding hydrogens is 318 g/mol. The number of amides is 1. The number of hydrogen-bond acceptors (Lipinski definition) is 4. The molecule has 0 saturated carbocycles. The maximum atomic E-state index is 14.0. The van der Waals surface area contributed by atoms with E-state index in [1.54, 1.807) is 0 Å². The zero-order valence-corrected chi connectivity index (χ0v) is 13.9. The molecule has 1 saturated heterocycles. The predicted octanol–water partition coefficient (Wildman–Crippen LogP) is 1.94. The summed E-state index contributed by atoms with van der Waals surface area (Å²) in [6.07, 6.45) is 3.66. The van der Waals surface area contributed by atoms with Crippen LogP contribution >= 0.6 is 0 Å². The van der Waals surface area contributed by atoms with Gasteiger partial charge in [-0.15, -0.1) is 0 Å². The number of unbranched alkanes of at least 4 members (excludes halogenated alkanes) is 1. The van der Waals surface area contributed by atoms with E-state index in [-0.39, 0.29) is 18.4 Å². The number of carbonyl (C=O) groups excluding carboxylic acids is 1. The Labute approximate surface area is 140 Å². The first-order chi connectivity index (χ1) is 11.6. The standard InChI is InChI=1S/C17H24F2N2O3/c1-24-14-7-6-13(18)15(16(14)19)17(23)20-8-2-3-9-21-10-4-5-12(21)11-22/h6-7,12,22H,2-5,8-11H2,1H3,(H,20,23). The van der Waals surface area contributed by atoms with Gasteiger partial charge in [-0.1, -0.05) is 0 Å².